The first-order valence-corrected chi connectivity index (χ1v) is 8.51. The van der Waals surface area contributed by atoms with E-state index in [-0.39, 0.29) is 23.2 Å². The van der Waals surface area contributed by atoms with Crippen LogP contribution in [0.5, 0.6) is 11.5 Å². The van der Waals surface area contributed by atoms with Crippen molar-refractivity contribution in [3.8, 4) is 11.5 Å². The fourth-order valence-corrected chi connectivity index (χ4v) is 3.06. The number of aromatic nitrogens is 1. The van der Waals surface area contributed by atoms with E-state index in [2.05, 4.69) is 10.3 Å². The number of carboxylic acid groups (broad SMARTS) is 1. The highest BCUT2D eigenvalue weighted by Crippen LogP contribution is 2.43. The average Bonchev–Trinajstić information content (AvgIpc) is 3.50. The molecule has 1 unspecified atom stereocenters. The molecule has 134 valence electrons. The van der Waals surface area contributed by atoms with E-state index < -0.39 is 5.97 Å². The summed E-state index contributed by atoms with van der Waals surface area (Å²) in [6, 6.07) is 8.16. The summed E-state index contributed by atoms with van der Waals surface area (Å²) < 4.78 is 11.2. The van der Waals surface area contributed by atoms with Crippen molar-refractivity contribution < 1.29 is 24.2 Å². The van der Waals surface area contributed by atoms with E-state index in [0.717, 1.165) is 18.4 Å². The number of amides is 1. The highest BCUT2D eigenvalue weighted by atomic mass is 16.6. The van der Waals surface area contributed by atoms with Crippen molar-refractivity contribution in [1.82, 2.24) is 10.3 Å². The van der Waals surface area contributed by atoms with Crippen molar-refractivity contribution in [3.05, 3.63) is 53.3 Å². The van der Waals surface area contributed by atoms with Crippen molar-refractivity contribution >= 4 is 11.9 Å². The number of benzene rings is 1. The third-order valence-electron chi connectivity index (χ3n) is 4.54. The van der Waals surface area contributed by atoms with Crippen molar-refractivity contribution in [2.45, 2.75) is 18.9 Å². The van der Waals surface area contributed by atoms with Crippen molar-refractivity contribution in [1.29, 1.82) is 0 Å². The van der Waals surface area contributed by atoms with Crippen LogP contribution in [0, 0.1) is 5.92 Å². The summed E-state index contributed by atoms with van der Waals surface area (Å²) in [5.74, 6) is 0.257. The number of hydrogen-bond acceptors (Lipinski definition) is 5. The number of nitrogens with one attached hydrogen (secondary N) is 1. The van der Waals surface area contributed by atoms with Gasteiger partial charge in [-0.3, -0.25) is 9.78 Å². The zero-order valence-corrected chi connectivity index (χ0v) is 14.0. The Morgan fingerprint density at radius 1 is 1.12 bits per heavy atom. The Balaban J connectivity index is 1.57. The molecule has 2 N–H and O–H groups in total. The van der Waals surface area contributed by atoms with Crippen LogP contribution in [0.25, 0.3) is 0 Å². The summed E-state index contributed by atoms with van der Waals surface area (Å²) in [6.07, 6.45) is 3.39. The number of nitrogens with zero attached hydrogens (tertiary/aromatic N) is 1. The maximum Gasteiger partial charge on any atom is 0.335 e. The highest BCUT2D eigenvalue weighted by Gasteiger charge is 2.34. The van der Waals surface area contributed by atoms with Gasteiger partial charge in [0.2, 0.25) is 0 Å². The van der Waals surface area contributed by atoms with Gasteiger partial charge in [0.15, 0.2) is 11.5 Å². The highest BCUT2D eigenvalue weighted by molar-refractivity contribution is 5.96. The summed E-state index contributed by atoms with van der Waals surface area (Å²) >= 11 is 0. The Hall–Kier alpha value is -3.09. The van der Waals surface area contributed by atoms with Gasteiger partial charge >= 0.3 is 5.97 Å². The molecule has 2 aromatic rings. The molecule has 4 rings (SSSR count). The Morgan fingerprint density at radius 2 is 1.88 bits per heavy atom. The topological polar surface area (TPSA) is 97.8 Å². The van der Waals surface area contributed by atoms with Crippen molar-refractivity contribution in [3.63, 3.8) is 0 Å². The average molecular weight is 354 g/mol. The number of rotatable bonds is 5. The van der Waals surface area contributed by atoms with Gasteiger partial charge in [-0.2, -0.15) is 0 Å². The number of aromatic carboxylic acids is 1. The molecule has 26 heavy (non-hydrogen) atoms. The van der Waals surface area contributed by atoms with Gasteiger partial charge in [0, 0.05) is 6.20 Å². The van der Waals surface area contributed by atoms with Crippen LogP contribution >= 0.6 is 0 Å². The van der Waals surface area contributed by atoms with Crippen LogP contribution in [-0.2, 0) is 0 Å². The second kappa shape index (κ2) is 6.67. The fourth-order valence-electron chi connectivity index (χ4n) is 3.06. The van der Waals surface area contributed by atoms with Gasteiger partial charge in [0.25, 0.3) is 5.91 Å². The zero-order valence-electron chi connectivity index (χ0n) is 14.0. The first-order chi connectivity index (χ1) is 12.6. The molecule has 0 spiro atoms. The molecule has 2 aliphatic rings. The number of carbonyl (C=O) groups is 2. The van der Waals surface area contributed by atoms with E-state index in [1.807, 2.05) is 18.2 Å². The summed E-state index contributed by atoms with van der Waals surface area (Å²) in [5, 5.41) is 12.1. The normalized spacial score (nSPS) is 16.6. The first-order valence-electron chi connectivity index (χ1n) is 8.51. The molecule has 2 heterocycles. The van der Waals surface area contributed by atoms with Crippen LogP contribution in [0.3, 0.4) is 0 Å². The van der Waals surface area contributed by atoms with Crippen LogP contribution in [0.15, 0.2) is 36.5 Å². The molecular formula is C19H18N2O5. The molecule has 1 atom stereocenters. The molecule has 0 radical (unpaired) electrons. The Kier molecular flexibility index (Phi) is 4.20. The number of hydrogen-bond donors (Lipinski definition) is 2. The maximum atomic E-state index is 12.6. The summed E-state index contributed by atoms with van der Waals surface area (Å²) in [4.78, 5) is 27.7. The van der Waals surface area contributed by atoms with Gasteiger partial charge in [-0.1, -0.05) is 6.07 Å². The summed E-state index contributed by atoms with van der Waals surface area (Å²) in [6.45, 7) is 1.03. The van der Waals surface area contributed by atoms with Crippen LogP contribution in [0.4, 0.5) is 0 Å². The Labute approximate surface area is 150 Å². The van der Waals surface area contributed by atoms with Crippen molar-refractivity contribution in [2.24, 2.45) is 5.92 Å². The molecule has 7 heteroatoms. The number of carboxylic acids is 1. The molecular weight excluding hydrogens is 336 g/mol. The van der Waals surface area contributed by atoms with Crippen LogP contribution < -0.4 is 14.8 Å². The van der Waals surface area contributed by atoms with Crippen LogP contribution in [0.1, 0.15) is 45.3 Å². The van der Waals surface area contributed by atoms with Crippen LogP contribution in [0.2, 0.25) is 0 Å². The van der Waals surface area contributed by atoms with Gasteiger partial charge in [0.1, 0.15) is 18.9 Å². The van der Waals surface area contributed by atoms with E-state index in [9.17, 15) is 9.59 Å². The minimum atomic E-state index is -1.09. The molecule has 1 aromatic carbocycles. The van der Waals surface area contributed by atoms with E-state index in [0.29, 0.717) is 30.6 Å². The predicted molar refractivity (Wildman–Crippen MR) is 91.6 cm³/mol. The third-order valence-corrected chi connectivity index (χ3v) is 4.54. The van der Waals surface area contributed by atoms with Gasteiger partial charge in [-0.05, 0) is 48.6 Å². The predicted octanol–water partition coefficient (Wildman–Crippen LogP) is 2.43. The molecule has 1 aliphatic heterocycles. The fraction of sp³-hybridized carbons (Fsp3) is 0.316. The second-order valence-electron chi connectivity index (χ2n) is 6.43. The number of carbonyl (C=O) groups excluding carboxylic acids is 1. The third kappa shape index (κ3) is 3.33. The molecule has 0 bridgehead atoms. The van der Waals surface area contributed by atoms with Gasteiger partial charge < -0.3 is 19.9 Å². The van der Waals surface area contributed by atoms with Crippen LogP contribution in [-0.4, -0.2) is 35.2 Å². The minimum absolute atomic E-state index is 0.0347. The van der Waals surface area contributed by atoms with Gasteiger partial charge in [-0.25, -0.2) is 4.79 Å². The summed E-state index contributed by atoms with van der Waals surface area (Å²) in [7, 11) is 0. The molecule has 7 nitrogen and oxygen atoms in total. The van der Waals surface area contributed by atoms with E-state index >= 15 is 0 Å². The second-order valence-corrected chi connectivity index (χ2v) is 6.43. The Morgan fingerprint density at radius 3 is 2.62 bits per heavy atom. The quantitative estimate of drug-likeness (QED) is 0.856. The zero-order chi connectivity index (χ0) is 18.1. The number of fused-ring (bicyclic) bond motifs is 1. The Bertz CT molecular complexity index is 863. The molecule has 1 amide bonds. The molecule has 1 fully saturated rings. The minimum Gasteiger partial charge on any atom is -0.486 e. The monoisotopic (exact) mass is 354 g/mol. The molecule has 0 saturated heterocycles. The first kappa shape index (κ1) is 16.4. The van der Waals surface area contributed by atoms with E-state index in [1.165, 1.54) is 18.3 Å². The lowest BCUT2D eigenvalue weighted by Gasteiger charge is -2.23. The lowest BCUT2D eigenvalue weighted by molar-refractivity contribution is 0.0696. The van der Waals surface area contributed by atoms with Gasteiger partial charge in [-0.15, -0.1) is 0 Å². The van der Waals surface area contributed by atoms with E-state index in [4.69, 9.17) is 14.6 Å². The smallest absolute Gasteiger partial charge is 0.335 e. The maximum absolute atomic E-state index is 12.6. The SMILES string of the molecule is O=C(O)c1ccnc(C(=O)NC(c2ccc3c(c2)OCCO3)C2CC2)c1. The van der Waals surface area contributed by atoms with Gasteiger partial charge in [0.05, 0.1) is 11.6 Å². The number of pyridine rings is 1. The molecule has 1 saturated carbocycles. The summed E-state index contributed by atoms with van der Waals surface area (Å²) in [5.41, 5.74) is 1.07. The lowest BCUT2D eigenvalue weighted by Crippen LogP contribution is -2.30. The van der Waals surface area contributed by atoms with E-state index in [1.54, 1.807) is 0 Å². The molecule has 1 aliphatic carbocycles. The van der Waals surface area contributed by atoms with Crippen molar-refractivity contribution in [2.75, 3.05) is 13.2 Å². The number of ether oxygens (including phenoxy) is 2. The largest absolute Gasteiger partial charge is 0.486 e. The molecule has 1 aromatic heterocycles. The lowest BCUT2D eigenvalue weighted by atomic mass is 10.0. The standard InChI is InChI=1S/C19H18N2O5/c22-18(14-9-13(19(23)24)5-6-20-14)21-17(11-1-2-11)12-3-4-15-16(10-12)26-8-7-25-15/h3-6,9-11,17H,1-2,7-8H2,(H,21,22)(H,23,24).